The maximum absolute atomic E-state index is 12.3. The van der Waals surface area contributed by atoms with Crippen molar-refractivity contribution in [3.63, 3.8) is 0 Å². The Labute approximate surface area is 175 Å². The van der Waals surface area contributed by atoms with Crippen molar-refractivity contribution in [2.75, 3.05) is 6.54 Å². The van der Waals surface area contributed by atoms with Crippen LogP contribution in [0.1, 0.15) is 39.2 Å². The quantitative estimate of drug-likeness (QED) is 0.367. The number of alkyl carbamates (subject to hydrolysis) is 1. The molecule has 0 aromatic heterocycles. The average molecular weight is 441 g/mol. The summed E-state index contributed by atoms with van der Waals surface area (Å²) >= 11 is 0. The van der Waals surface area contributed by atoms with Gasteiger partial charge in [-0.1, -0.05) is 17.7 Å². The SMILES string of the molecule is Cc1ccc(S(=O)(=O)NC(N)=NCC[C@@H]2C[C@@]2(NC(=O)OC(C)(C)C)C(=O)O)cc1. The minimum atomic E-state index is -3.85. The van der Waals surface area contributed by atoms with Crippen LogP contribution in [0.3, 0.4) is 0 Å². The molecule has 0 heterocycles. The van der Waals surface area contributed by atoms with Crippen molar-refractivity contribution in [2.24, 2.45) is 16.6 Å². The van der Waals surface area contributed by atoms with Gasteiger partial charge in [0, 0.05) is 6.54 Å². The van der Waals surface area contributed by atoms with Crippen molar-refractivity contribution in [2.45, 2.75) is 56.6 Å². The lowest BCUT2D eigenvalue weighted by Crippen LogP contribution is -2.47. The normalized spacial score (nSPS) is 21.6. The lowest BCUT2D eigenvalue weighted by atomic mass is 10.1. The molecule has 1 fully saturated rings. The molecule has 2 rings (SSSR count). The number of aliphatic carboxylic acids is 1. The Bertz CT molecular complexity index is 937. The molecule has 0 saturated heterocycles. The Morgan fingerprint density at radius 2 is 1.90 bits per heavy atom. The van der Waals surface area contributed by atoms with Crippen LogP contribution in [0.5, 0.6) is 0 Å². The third kappa shape index (κ3) is 6.09. The average Bonchev–Trinajstić information content (AvgIpc) is 3.26. The molecule has 1 aliphatic rings. The second-order valence-electron chi connectivity index (χ2n) is 8.28. The van der Waals surface area contributed by atoms with E-state index in [1.54, 1.807) is 32.9 Å². The summed E-state index contributed by atoms with van der Waals surface area (Å²) in [5, 5.41) is 11.9. The van der Waals surface area contributed by atoms with E-state index < -0.39 is 33.2 Å². The molecule has 0 radical (unpaired) electrons. The molecule has 0 bridgehead atoms. The Kier molecular flexibility index (Phi) is 6.65. The summed E-state index contributed by atoms with van der Waals surface area (Å²) in [6.07, 6.45) is -0.275. The molecular weight excluding hydrogens is 412 g/mol. The van der Waals surface area contributed by atoms with Gasteiger partial charge in [-0.25, -0.2) is 22.7 Å². The lowest BCUT2D eigenvalue weighted by Gasteiger charge is -2.22. The fourth-order valence-corrected chi connectivity index (χ4v) is 3.87. The van der Waals surface area contributed by atoms with Gasteiger partial charge < -0.3 is 20.9 Å². The van der Waals surface area contributed by atoms with Gasteiger partial charge >= 0.3 is 12.1 Å². The van der Waals surface area contributed by atoms with Crippen molar-refractivity contribution in [1.29, 1.82) is 0 Å². The van der Waals surface area contributed by atoms with Crippen LogP contribution in [-0.2, 0) is 19.6 Å². The maximum Gasteiger partial charge on any atom is 0.408 e. The van der Waals surface area contributed by atoms with Gasteiger partial charge in [-0.05, 0) is 58.6 Å². The standard InChI is InChI=1S/C19H28N4O6S/c1-12-5-7-14(8-6-12)30(27,28)23-16(20)21-10-9-13-11-19(13,15(24)25)22-17(26)29-18(2,3)4/h5-8,13H,9-11H2,1-4H3,(H,22,26)(H,24,25)(H3,20,21,23)/t13-,19+/m1/s1. The van der Waals surface area contributed by atoms with Gasteiger partial charge in [0.15, 0.2) is 0 Å². The number of hydrogen-bond donors (Lipinski definition) is 4. The first kappa shape index (κ1) is 23.5. The summed E-state index contributed by atoms with van der Waals surface area (Å²) in [6.45, 7) is 6.98. The second-order valence-corrected chi connectivity index (χ2v) is 9.96. The number of guanidine groups is 1. The molecule has 2 atom stereocenters. The van der Waals surface area contributed by atoms with E-state index in [4.69, 9.17) is 10.5 Å². The molecule has 1 aromatic carbocycles. The summed E-state index contributed by atoms with van der Waals surface area (Å²) in [7, 11) is -3.85. The third-order valence-electron chi connectivity index (χ3n) is 4.54. The molecule has 30 heavy (non-hydrogen) atoms. The van der Waals surface area contributed by atoms with Gasteiger partial charge in [0.25, 0.3) is 10.0 Å². The van der Waals surface area contributed by atoms with Crippen molar-refractivity contribution in [3.05, 3.63) is 29.8 Å². The Balaban J connectivity index is 1.92. The van der Waals surface area contributed by atoms with Gasteiger partial charge in [-0.15, -0.1) is 0 Å². The van der Waals surface area contributed by atoms with Crippen LogP contribution in [0.25, 0.3) is 0 Å². The van der Waals surface area contributed by atoms with Crippen molar-refractivity contribution in [3.8, 4) is 0 Å². The van der Waals surface area contributed by atoms with E-state index in [0.29, 0.717) is 6.42 Å². The number of hydrogen-bond acceptors (Lipinski definition) is 6. The molecular formula is C19H28N4O6S. The van der Waals surface area contributed by atoms with Crippen molar-refractivity contribution in [1.82, 2.24) is 10.0 Å². The number of carbonyl (C=O) groups excluding carboxylic acids is 1. The van der Waals surface area contributed by atoms with Crippen LogP contribution < -0.4 is 15.8 Å². The third-order valence-corrected chi connectivity index (χ3v) is 5.91. The number of aryl methyl sites for hydroxylation is 1. The molecule has 0 aliphatic heterocycles. The number of sulfonamides is 1. The zero-order valence-corrected chi connectivity index (χ0v) is 18.2. The number of carbonyl (C=O) groups is 2. The number of nitrogens with two attached hydrogens (primary N) is 1. The molecule has 1 saturated carbocycles. The van der Waals surface area contributed by atoms with Crippen LogP contribution >= 0.6 is 0 Å². The summed E-state index contributed by atoms with van der Waals surface area (Å²) in [5.41, 5.74) is 4.43. The molecule has 11 heteroatoms. The highest BCUT2D eigenvalue weighted by atomic mass is 32.2. The minimum absolute atomic E-state index is 0.0555. The molecule has 0 spiro atoms. The highest BCUT2D eigenvalue weighted by molar-refractivity contribution is 7.90. The van der Waals surface area contributed by atoms with E-state index in [-0.39, 0.29) is 29.7 Å². The first-order valence-electron chi connectivity index (χ1n) is 9.39. The van der Waals surface area contributed by atoms with Gasteiger partial charge in [-0.2, -0.15) is 0 Å². The zero-order valence-electron chi connectivity index (χ0n) is 17.4. The van der Waals surface area contributed by atoms with Crippen LogP contribution in [-0.4, -0.2) is 49.2 Å². The first-order valence-corrected chi connectivity index (χ1v) is 10.9. The Morgan fingerprint density at radius 3 is 2.43 bits per heavy atom. The number of benzene rings is 1. The number of nitrogens with zero attached hydrogens (tertiary/aromatic N) is 1. The highest BCUT2D eigenvalue weighted by Gasteiger charge is 2.61. The summed E-state index contributed by atoms with van der Waals surface area (Å²) in [6, 6.07) is 6.24. The number of aliphatic imine (C=N–C) groups is 1. The van der Waals surface area contributed by atoms with Crippen molar-refractivity contribution >= 4 is 28.0 Å². The summed E-state index contributed by atoms with van der Waals surface area (Å²) in [5.74, 6) is -1.82. The predicted octanol–water partition coefficient (Wildman–Crippen LogP) is 1.35. The van der Waals surface area contributed by atoms with Gasteiger partial charge in [-0.3, -0.25) is 4.99 Å². The lowest BCUT2D eigenvalue weighted by molar-refractivity contribution is -0.141. The molecule has 166 valence electrons. The molecule has 1 aromatic rings. The second kappa shape index (κ2) is 8.50. The number of rotatable bonds is 7. The summed E-state index contributed by atoms with van der Waals surface area (Å²) in [4.78, 5) is 27.6. The smallest absolute Gasteiger partial charge is 0.408 e. The van der Waals surface area contributed by atoms with E-state index in [1.807, 2.05) is 6.92 Å². The minimum Gasteiger partial charge on any atom is -0.479 e. The van der Waals surface area contributed by atoms with Crippen LogP contribution in [0, 0.1) is 12.8 Å². The number of nitrogens with one attached hydrogen (secondary N) is 2. The van der Waals surface area contributed by atoms with Crippen LogP contribution in [0.4, 0.5) is 4.79 Å². The van der Waals surface area contributed by atoms with E-state index in [1.165, 1.54) is 12.1 Å². The van der Waals surface area contributed by atoms with E-state index in [0.717, 1.165) is 5.56 Å². The molecule has 0 unspecified atom stereocenters. The van der Waals surface area contributed by atoms with Crippen LogP contribution in [0.2, 0.25) is 0 Å². The molecule has 1 aliphatic carbocycles. The molecule has 1 amide bonds. The zero-order chi connectivity index (χ0) is 22.7. The van der Waals surface area contributed by atoms with Gasteiger partial charge in [0.05, 0.1) is 4.90 Å². The highest BCUT2D eigenvalue weighted by Crippen LogP contribution is 2.46. The number of amides is 1. The van der Waals surface area contributed by atoms with Crippen LogP contribution in [0.15, 0.2) is 34.2 Å². The predicted molar refractivity (Wildman–Crippen MR) is 110 cm³/mol. The van der Waals surface area contributed by atoms with Gasteiger partial charge in [0.1, 0.15) is 11.1 Å². The Hall–Kier alpha value is -2.82. The molecule has 5 N–H and O–H groups in total. The maximum atomic E-state index is 12.3. The van der Waals surface area contributed by atoms with Gasteiger partial charge in [0.2, 0.25) is 5.96 Å². The number of ether oxygens (including phenoxy) is 1. The largest absolute Gasteiger partial charge is 0.479 e. The first-order chi connectivity index (χ1) is 13.7. The summed E-state index contributed by atoms with van der Waals surface area (Å²) < 4.78 is 31.9. The topological polar surface area (TPSA) is 160 Å². The fourth-order valence-electron chi connectivity index (χ4n) is 2.92. The van der Waals surface area contributed by atoms with E-state index in [9.17, 15) is 23.1 Å². The fraction of sp³-hybridized carbons (Fsp3) is 0.526. The molecule has 10 nitrogen and oxygen atoms in total. The monoisotopic (exact) mass is 440 g/mol. The number of carboxylic acid groups (broad SMARTS) is 1. The number of carboxylic acids is 1. The van der Waals surface area contributed by atoms with E-state index >= 15 is 0 Å². The van der Waals surface area contributed by atoms with Crippen molar-refractivity contribution < 1.29 is 27.9 Å². The Morgan fingerprint density at radius 1 is 1.30 bits per heavy atom. The van der Waals surface area contributed by atoms with E-state index in [2.05, 4.69) is 15.0 Å².